The number of aromatic nitrogens is 2. The quantitative estimate of drug-likeness (QED) is 0.689. The van der Waals surface area contributed by atoms with Gasteiger partial charge in [-0.2, -0.15) is 0 Å². The summed E-state index contributed by atoms with van der Waals surface area (Å²) in [4.78, 5) is 3.37. The van der Waals surface area contributed by atoms with Crippen molar-refractivity contribution in [2.24, 2.45) is 0 Å². The van der Waals surface area contributed by atoms with Crippen LogP contribution in [0.2, 0.25) is 0 Å². The molecule has 0 aromatic carbocycles. The molecule has 0 spiro atoms. The van der Waals surface area contributed by atoms with Gasteiger partial charge in [0, 0.05) is 34.4 Å². The molecule has 0 aliphatic heterocycles. The van der Waals surface area contributed by atoms with Crippen LogP contribution in [0.4, 0.5) is 0 Å². The summed E-state index contributed by atoms with van der Waals surface area (Å²) in [6.07, 6.45) is 4.28. The van der Waals surface area contributed by atoms with Crippen molar-refractivity contribution in [1.29, 1.82) is 0 Å². The molecule has 16 heavy (non-hydrogen) atoms. The van der Waals surface area contributed by atoms with Crippen LogP contribution in [0.25, 0.3) is 10.9 Å². The molecule has 1 N–H and O–H groups in total. The number of hydrogen-bond acceptors (Lipinski definition) is 0. The highest BCUT2D eigenvalue weighted by Gasteiger charge is 2.27. The van der Waals surface area contributed by atoms with Crippen molar-refractivity contribution in [2.75, 3.05) is 0 Å². The molecule has 0 saturated carbocycles. The molecule has 2 aromatic rings. The average molecular weight is 218 g/mol. The zero-order valence-corrected chi connectivity index (χ0v) is 11.2. The Morgan fingerprint density at radius 2 is 1.69 bits per heavy atom. The monoisotopic (exact) mass is 218 g/mol. The van der Waals surface area contributed by atoms with Crippen LogP contribution in [-0.2, 0) is 11.0 Å². The van der Waals surface area contributed by atoms with Crippen molar-refractivity contribution in [1.82, 2.24) is 9.55 Å². The highest BCUT2D eigenvalue weighted by molar-refractivity contribution is 5.83. The van der Waals surface area contributed by atoms with E-state index in [2.05, 4.69) is 63.4 Å². The van der Waals surface area contributed by atoms with Crippen LogP contribution in [0.3, 0.4) is 0 Å². The molecule has 2 heteroatoms. The number of aromatic amines is 1. The van der Waals surface area contributed by atoms with Crippen LogP contribution in [0.15, 0.2) is 18.5 Å². The summed E-state index contributed by atoms with van der Waals surface area (Å²) in [5.74, 6) is 0. The lowest BCUT2D eigenvalue weighted by atomic mass is 9.90. The van der Waals surface area contributed by atoms with E-state index in [-0.39, 0.29) is 11.0 Å². The second-order valence-corrected chi connectivity index (χ2v) is 6.58. The van der Waals surface area contributed by atoms with E-state index in [1.54, 1.807) is 0 Å². The van der Waals surface area contributed by atoms with Gasteiger partial charge in [-0.05, 0) is 26.8 Å². The summed E-state index contributed by atoms with van der Waals surface area (Å²) < 4.78 is 2.40. The fraction of sp³-hybridized carbons (Fsp3) is 0.571. The van der Waals surface area contributed by atoms with E-state index in [9.17, 15) is 0 Å². The van der Waals surface area contributed by atoms with Gasteiger partial charge in [0.25, 0.3) is 0 Å². The molecule has 2 aromatic heterocycles. The van der Waals surface area contributed by atoms with Crippen molar-refractivity contribution in [2.45, 2.75) is 52.5 Å². The minimum absolute atomic E-state index is 0.127. The molecule has 0 amide bonds. The lowest BCUT2D eigenvalue weighted by Gasteiger charge is -2.30. The highest BCUT2D eigenvalue weighted by atomic mass is 15.1. The summed E-state index contributed by atoms with van der Waals surface area (Å²) in [5, 5.41) is 1.31. The SMILES string of the molecule is CC(C)(C)c1c2[nH]ccc2cn1C(C)(C)C. The largest absolute Gasteiger partial charge is 0.360 e. The molecular formula is C14H22N2. The molecule has 2 rings (SSSR count). The first-order valence-electron chi connectivity index (χ1n) is 5.90. The van der Waals surface area contributed by atoms with Gasteiger partial charge >= 0.3 is 0 Å². The minimum atomic E-state index is 0.127. The highest BCUT2D eigenvalue weighted by Crippen LogP contribution is 2.34. The Morgan fingerprint density at radius 3 is 2.19 bits per heavy atom. The first kappa shape index (κ1) is 11.3. The second kappa shape index (κ2) is 3.16. The Balaban J connectivity index is 2.79. The van der Waals surface area contributed by atoms with E-state index in [0.717, 1.165) is 0 Å². The Kier molecular flexibility index (Phi) is 2.23. The zero-order chi connectivity index (χ0) is 12.1. The Bertz CT molecular complexity index is 501. The van der Waals surface area contributed by atoms with Crippen molar-refractivity contribution < 1.29 is 0 Å². The van der Waals surface area contributed by atoms with E-state index in [0.29, 0.717) is 0 Å². The number of hydrogen-bond donors (Lipinski definition) is 1. The fourth-order valence-corrected chi connectivity index (χ4v) is 2.28. The van der Waals surface area contributed by atoms with Crippen molar-refractivity contribution in [3.05, 3.63) is 24.2 Å². The lowest BCUT2D eigenvalue weighted by Crippen LogP contribution is -2.28. The smallest absolute Gasteiger partial charge is 0.0672 e. The van der Waals surface area contributed by atoms with Crippen LogP contribution in [-0.4, -0.2) is 9.55 Å². The summed E-state index contributed by atoms with van der Waals surface area (Å²) >= 11 is 0. The molecule has 0 aliphatic carbocycles. The van der Waals surface area contributed by atoms with E-state index >= 15 is 0 Å². The molecule has 88 valence electrons. The molecule has 0 radical (unpaired) electrons. The van der Waals surface area contributed by atoms with Gasteiger partial charge in [-0.25, -0.2) is 0 Å². The maximum absolute atomic E-state index is 3.37. The van der Waals surface area contributed by atoms with Gasteiger partial charge in [0.1, 0.15) is 0 Å². The normalized spacial score (nSPS) is 13.6. The van der Waals surface area contributed by atoms with Gasteiger partial charge < -0.3 is 9.55 Å². The maximum atomic E-state index is 3.37. The molecule has 2 heterocycles. The first-order chi connectivity index (χ1) is 7.21. The van der Waals surface area contributed by atoms with E-state index in [1.165, 1.54) is 16.6 Å². The molecule has 0 aliphatic rings. The molecule has 0 unspecified atom stereocenters. The van der Waals surface area contributed by atoms with E-state index < -0.39 is 0 Å². The topological polar surface area (TPSA) is 20.7 Å². The Morgan fingerprint density at radius 1 is 1.06 bits per heavy atom. The standard InChI is InChI=1S/C14H22N2/c1-13(2,3)12-11-10(7-8-15-11)9-16(12)14(4,5)6/h7-9,15H,1-6H3. The summed E-state index contributed by atoms with van der Waals surface area (Å²) in [5.41, 5.74) is 2.95. The van der Waals surface area contributed by atoms with Gasteiger partial charge in [-0.1, -0.05) is 20.8 Å². The third-order valence-corrected chi connectivity index (χ3v) is 2.96. The van der Waals surface area contributed by atoms with E-state index in [4.69, 9.17) is 0 Å². The average Bonchev–Trinajstić information content (AvgIpc) is 2.53. The Labute approximate surface area is 97.7 Å². The van der Waals surface area contributed by atoms with Gasteiger partial charge in [0.15, 0.2) is 0 Å². The maximum Gasteiger partial charge on any atom is 0.0672 e. The predicted molar refractivity (Wildman–Crippen MR) is 70.0 cm³/mol. The molecule has 0 fully saturated rings. The van der Waals surface area contributed by atoms with E-state index in [1.807, 2.05) is 6.20 Å². The number of rotatable bonds is 0. The van der Waals surface area contributed by atoms with Crippen LogP contribution >= 0.6 is 0 Å². The molecular weight excluding hydrogens is 196 g/mol. The molecule has 0 atom stereocenters. The third kappa shape index (κ3) is 1.66. The first-order valence-corrected chi connectivity index (χ1v) is 5.90. The van der Waals surface area contributed by atoms with Crippen molar-refractivity contribution >= 4 is 10.9 Å². The van der Waals surface area contributed by atoms with Crippen molar-refractivity contribution in [3.8, 4) is 0 Å². The van der Waals surface area contributed by atoms with Gasteiger partial charge in [0.2, 0.25) is 0 Å². The second-order valence-electron chi connectivity index (χ2n) is 6.58. The minimum Gasteiger partial charge on any atom is -0.360 e. The van der Waals surface area contributed by atoms with Gasteiger partial charge in [0.05, 0.1) is 5.52 Å². The predicted octanol–water partition coefficient (Wildman–Crippen LogP) is 4.02. The zero-order valence-electron chi connectivity index (χ0n) is 11.2. The summed E-state index contributed by atoms with van der Waals surface area (Å²) in [6.45, 7) is 13.6. The summed E-state index contributed by atoms with van der Waals surface area (Å²) in [6, 6.07) is 2.15. The molecule has 2 nitrogen and oxygen atoms in total. The third-order valence-electron chi connectivity index (χ3n) is 2.96. The van der Waals surface area contributed by atoms with Crippen molar-refractivity contribution in [3.63, 3.8) is 0 Å². The van der Waals surface area contributed by atoms with Gasteiger partial charge in [-0.3, -0.25) is 0 Å². The van der Waals surface area contributed by atoms with Crippen LogP contribution < -0.4 is 0 Å². The van der Waals surface area contributed by atoms with Crippen LogP contribution in [0.1, 0.15) is 47.2 Å². The molecule has 0 bridgehead atoms. The van der Waals surface area contributed by atoms with Crippen LogP contribution in [0, 0.1) is 0 Å². The number of H-pyrrole nitrogens is 1. The Hall–Kier alpha value is -1.18. The lowest BCUT2D eigenvalue weighted by molar-refractivity contribution is 0.362. The fourth-order valence-electron chi connectivity index (χ4n) is 2.28. The number of nitrogens with zero attached hydrogens (tertiary/aromatic N) is 1. The van der Waals surface area contributed by atoms with Crippen LogP contribution in [0.5, 0.6) is 0 Å². The van der Waals surface area contributed by atoms with Gasteiger partial charge in [-0.15, -0.1) is 0 Å². The molecule has 0 saturated heterocycles. The summed E-state index contributed by atoms with van der Waals surface area (Å²) in [7, 11) is 0. The number of fused-ring (bicyclic) bond motifs is 1. The number of nitrogens with one attached hydrogen (secondary N) is 1.